The fraction of sp³-hybridized carbons (Fsp3) is 0.188. The van der Waals surface area contributed by atoms with Crippen molar-refractivity contribution >= 4 is 15.9 Å². The predicted molar refractivity (Wildman–Crippen MR) is 85.7 cm³/mol. The van der Waals surface area contributed by atoms with Crippen molar-refractivity contribution < 1.29 is 17.6 Å². The van der Waals surface area contributed by atoms with Crippen molar-refractivity contribution in [2.75, 3.05) is 6.54 Å². The maximum Gasteiger partial charge on any atom is 0.251 e. The van der Waals surface area contributed by atoms with Gasteiger partial charge in [-0.3, -0.25) is 4.79 Å². The summed E-state index contributed by atoms with van der Waals surface area (Å²) in [6.07, 6.45) is 0.521. The van der Waals surface area contributed by atoms with E-state index >= 15 is 0 Å². The zero-order chi connectivity index (χ0) is 16.9. The Kier molecular flexibility index (Phi) is 5.46. The molecule has 0 fully saturated rings. The predicted octanol–water partition coefficient (Wildman–Crippen LogP) is 1.59. The summed E-state index contributed by atoms with van der Waals surface area (Å²) in [6, 6.07) is 12.4. The van der Waals surface area contributed by atoms with E-state index in [2.05, 4.69) is 5.32 Å². The molecule has 0 radical (unpaired) electrons. The quantitative estimate of drug-likeness (QED) is 0.839. The van der Waals surface area contributed by atoms with Crippen molar-refractivity contribution in [2.24, 2.45) is 5.14 Å². The number of rotatable bonds is 6. The molecular formula is C16H17FN2O3S. The number of nitrogens with one attached hydrogen (secondary N) is 1. The largest absolute Gasteiger partial charge is 0.352 e. The van der Waals surface area contributed by atoms with Gasteiger partial charge in [-0.1, -0.05) is 24.3 Å². The van der Waals surface area contributed by atoms with Crippen LogP contribution in [0.25, 0.3) is 0 Å². The first kappa shape index (κ1) is 17.1. The van der Waals surface area contributed by atoms with Gasteiger partial charge in [-0.15, -0.1) is 0 Å². The highest BCUT2D eigenvalue weighted by molar-refractivity contribution is 7.88. The van der Waals surface area contributed by atoms with E-state index in [0.717, 1.165) is 5.56 Å². The number of primary sulfonamides is 1. The summed E-state index contributed by atoms with van der Waals surface area (Å²) in [5.74, 6) is -0.850. The van der Waals surface area contributed by atoms with E-state index in [4.69, 9.17) is 5.14 Å². The second kappa shape index (κ2) is 7.34. The van der Waals surface area contributed by atoms with Crippen LogP contribution < -0.4 is 10.5 Å². The Labute approximate surface area is 134 Å². The highest BCUT2D eigenvalue weighted by atomic mass is 32.2. The maximum atomic E-state index is 13.0. The first-order valence-electron chi connectivity index (χ1n) is 6.95. The molecule has 122 valence electrons. The van der Waals surface area contributed by atoms with Crippen LogP contribution in [-0.2, 0) is 22.2 Å². The van der Waals surface area contributed by atoms with Crippen molar-refractivity contribution in [1.29, 1.82) is 0 Å². The molecule has 2 rings (SSSR count). The number of hydrogen-bond acceptors (Lipinski definition) is 3. The number of halogens is 1. The van der Waals surface area contributed by atoms with E-state index in [1.165, 1.54) is 24.3 Å². The standard InChI is InChI=1S/C16H17FN2O3S/c17-15-3-1-2-12(10-15)8-9-19-16(20)14-6-4-13(5-7-14)11-23(18,21)22/h1-7,10H,8-9,11H2,(H,19,20)(H2,18,21,22). The molecule has 23 heavy (non-hydrogen) atoms. The van der Waals surface area contributed by atoms with E-state index in [1.807, 2.05) is 0 Å². The first-order valence-corrected chi connectivity index (χ1v) is 8.67. The van der Waals surface area contributed by atoms with Gasteiger partial charge in [-0.25, -0.2) is 17.9 Å². The summed E-state index contributed by atoms with van der Waals surface area (Å²) < 4.78 is 35.0. The van der Waals surface area contributed by atoms with Crippen LogP contribution in [0.4, 0.5) is 4.39 Å². The normalized spacial score (nSPS) is 11.2. The molecular weight excluding hydrogens is 319 g/mol. The monoisotopic (exact) mass is 336 g/mol. The van der Waals surface area contributed by atoms with Crippen LogP contribution in [0.2, 0.25) is 0 Å². The Morgan fingerprint density at radius 2 is 1.78 bits per heavy atom. The molecule has 7 heteroatoms. The molecule has 2 aromatic rings. The van der Waals surface area contributed by atoms with Crippen molar-refractivity contribution in [3.05, 3.63) is 71.0 Å². The first-order chi connectivity index (χ1) is 10.8. The third-order valence-corrected chi connectivity index (χ3v) is 3.91. The zero-order valence-corrected chi connectivity index (χ0v) is 13.1. The average molecular weight is 336 g/mol. The van der Waals surface area contributed by atoms with E-state index in [-0.39, 0.29) is 17.5 Å². The number of carbonyl (C=O) groups is 1. The third-order valence-electron chi connectivity index (χ3n) is 3.17. The van der Waals surface area contributed by atoms with Crippen LogP contribution in [-0.4, -0.2) is 20.9 Å². The maximum absolute atomic E-state index is 13.0. The summed E-state index contributed by atoms with van der Waals surface area (Å²) in [6.45, 7) is 0.376. The smallest absolute Gasteiger partial charge is 0.251 e. The second-order valence-corrected chi connectivity index (χ2v) is 6.75. The van der Waals surface area contributed by atoms with E-state index < -0.39 is 10.0 Å². The Bertz CT molecular complexity index is 789. The lowest BCUT2D eigenvalue weighted by molar-refractivity contribution is 0.0954. The summed E-state index contributed by atoms with van der Waals surface area (Å²) in [5.41, 5.74) is 1.74. The molecule has 0 bridgehead atoms. The van der Waals surface area contributed by atoms with Gasteiger partial charge in [-0.2, -0.15) is 0 Å². The summed E-state index contributed by atoms with van der Waals surface area (Å²) >= 11 is 0. The molecule has 0 atom stereocenters. The molecule has 1 amide bonds. The molecule has 5 nitrogen and oxygen atoms in total. The number of nitrogens with two attached hydrogens (primary N) is 1. The van der Waals surface area contributed by atoms with Gasteiger partial charge in [0.25, 0.3) is 5.91 Å². The van der Waals surface area contributed by atoms with Crippen LogP contribution in [0, 0.1) is 5.82 Å². The van der Waals surface area contributed by atoms with Gasteiger partial charge in [0.1, 0.15) is 5.82 Å². The van der Waals surface area contributed by atoms with E-state index in [1.54, 1.807) is 24.3 Å². The summed E-state index contributed by atoms with van der Waals surface area (Å²) in [7, 11) is -3.59. The molecule has 0 saturated carbocycles. The van der Waals surface area contributed by atoms with Gasteiger partial charge < -0.3 is 5.32 Å². The van der Waals surface area contributed by atoms with Crippen molar-refractivity contribution in [1.82, 2.24) is 5.32 Å². The fourth-order valence-electron chi connectivity index (χ4n) is 2.10. The number of carbonyl (C=O) groups excluding carboxylic acids is 1. The molecule has 0 aliphatic carbocycles. The van der Waals surface area contributed by atoms with Gasteiger partial charge in [0.15, 0.2) is 0 Å². The van der Waals surface area contributed by atoms with Crippen molar-refractivity contribution in [2.45, 2.75) is 12.2 Å². The highest BCUT2D eigenvalue weighted by Crippen LogP contribution is 2.07. The molecule has 0 aromatic heterocycles. The number of hydrogen-bond donors (Lipinski definition) is 2. The van der Waals surface area contributed by atoms with Gasteiger partial charge in [0.2, 0.25) is 10.0 Å². The highest BCUT2D eigenvalue weighted by Gasteiger charge is 2.08. The topological polar surface area (TPSA) is 89.3 Å². The minimum Gasteiger partial charge on any atom is -0.352 e. The zero-order valence-electron chi connectivity index (χ0n) is 12.3. The Morgan fingerprint density at radius 3 is 2.39 bits per heavy atom. The van der Waals surface area contributed by atoms with E-state index in [9.17, 15) is 17.6 Å². The fourth-order valence-corrected chi connectivity index (χ4v) is 2.76. The molecule has 0 saturated heterocycles. The van der Waals surface area contributed by atoms with Crippen molar-refractivity contribution in [3.8, 4) is 0 Å². The number of amides is 1. The molecule has 0 aliphatic rings. The van der Waals surface area contributed by atoms with E-state index in [0.29, 0.717) is 24.1 Å². The Morgan fingerprint density at radius 1 is 1.09 bits per heavy atom. The summed E-state index contributed by atoms with van der Waals surface area (Å²) in [5, 5.41) is 7.69. The molecule has 0 spiro atoms. The molecule has 0 unspecified atom stereocenters. The number of sulfonamides is 1. The molecule has 0 aliphatic heterocycles. The molecule has 2 aromatic carbocycles. The lowest BCUT2D eigenvalue weighted by atomic mass is 10.1. The minimum absolute atomic E-state index is 0.269. The van der Waals surface area contributed by atoms with Gasteiger partial charge >= 0.3 is 0 Å². The van der Waals surface area contributed by atoms with Crippen molar-refractivity contribution in [3.63, 3.8) is 0 Å². The van der Waals surface area contributed by atoms with Gasteiger partial charge in [0.05, 0.1) is 5.75 Å². The summed E-state index contributed by atoms with van der Waals surface area (Å²) in [4.78, 5) is 12.0. The Balaban J connectivity index is 1.88. The lowest BCUT2D eigenvalue weighted by Crippen LogP contribution is -2.25. The molecule has 0 heterocycles. The van der Waals surface area contributed by atoms with Crippen LogP contribution in [0.15, 0.2) is 48.5 Å². The Hall–Kier alpha value is -2.25. The van der Waals surface area contributed by atoms with Gasteiger partial charge in [0, 0.05) is 12.1 Å². The number of benzene rings is 2. The third kappa shape index (κ3) is 5.80. The second-order valence-electron chi connectivity index (χ2n) is 5.14. The minimum atomic E-state index is -3.59. The van der Waals surface area contributed by atoms with Crippen LogP contribution in [0.3, 0.4) is 0 Å². The van der Waals surface area contributed by atoms with Crippen LogP contribution >= 0.6 is 0 Å². The molecule has 3 N–H and O–H groups in total. The lowest BCUT2D eigenvalue weighted by Gasteiger charge is -2.06. The van der Waals surface area contributed by atoms with Gasteiger partial charge in [-0.05, 0) is 41.8 Å². The SMILES string of the molecule is NS(=O)(=O)Cc1ccc(C(=O)NCCc2cccc(F)c2)cc1. The van der Waals surface area contributed by atoms with Crippen LogP contribution in [0.1, 0.15) is 21.5 Å². The van der Waals surface area contributed by atoms with Crippen LogP contribution in [0.5, 0.6) is 0 Å². The average Bonchev–Trinajstić information content (AvgIpc) is 2.46.